The van der Waals surface area contributed by atoms with Gasteiger partial charge < -0.3 is 15.6 Å². The van der Waals surface area contributed by atoms with Gasteiger partial charge in [0.25, 0.3) is 0 Å². The molecule has 26 heavy (non-hydrogen) atoms. The highest BCUT2D eigenvalue weighted by atomic mass is 15.2. The van der Waals surface area contributed by atoms with Crippen LogP contribution in [0.5, 0.6) is 0 Å². The normalized spacial score (nSPS) is 13.8. The van der Waals surface area contributed by atoms with Gasteiger partial charge in [0, 0.05) is 30.1 Å². The van der Waals surface area contributed by atoms with Crippen LogP contribution in [0.3, 0.4) is 0 Å². The van der Waals surface area contributed by atoms with E-state index in [0.717, 1.165) is 16.9 Å². The molecule has 4 aromatic rings. The Morgan fingerprint density at radius 2 is 2.08 bits per heavy atom. The van der Waals surface area contributed by atoms with E-state index in [2.05, 4.69) is 45.8 Å². The summed E-state index contributed by atoms with van der Waals surface area (Å²) in [5.41, 5.74) is 2.98. The number of hydrogen-bond acceptors (Lipinski definition) is 7. The minimum absolute atomic E-state index is 0.443. The van der Waals surface area contributed by atoms with E-state index in [9.17, 15) is 0 Å². The predicted molar refractivity (Wildman–Crippen MR) is 97.1 cm³/mol. The lowest BCUT2D eigenvalue weighted by Gasteiger charge is -2.06. The van der Waals surface area contributed by atoms with Crippen molar-refractivity contribution >= 4 is 28.6 Å². The lowest BCUT2D eigenvalue weighted by Crippen LogP contribution is -2.07. The smallest absolute Gasteiger partial charge is 0.224 e. The predicted octanol–water partition coefficient (Wildman–Crippen LogP) is 2.70. The first-order chi connectivity index (χ1) is 12.8. The fraction of sp³-hybridized carbons (Fsp3) is 0.235. The van der Waals surface area contributed by atoms with Crippen molar-refractivity contribution in [3.63, 3.8) is 0 Å². The average molecular weight is 347 g/mol. The van der Waals surface area contributed by atoms with Gasteiger partial charge in [-0.05, 0) is 25.0 Å². The van der Waals surface area contributed by atoms with Crippen LogP contribution < -0.4 is 10.6 Å². The summed E-state index contributed by atoms with van der Waals surface area (Å²) in [5, 5.41) is 13.7. The fourth-order valence-corrected chi connectivity index (χ4v) is 2.77. The van der Waals surface area contributed by atoms with E-state index in [1.54, 1.807) is 18.5 Å². The van der Waals surface area contributed by atoms with Crippen LogP contribution in [0.4, 0.5) is 17.6 Å². The summed E-state index contributed by atoms with van der Waals surface area (Å²) in [5.74, 6) is 3.26. The van der Waals surface area contributed by atoms with Gasteiger partial charge in [-0.15, -0.1) is 0 Å². The van der Waals surface area contributed by atoms with Crippen LogP contribution in [-0.4, -0.2) is 35.1 Å². The molecule has 1 aliphatic carbocycles. The summed E-state index contributed by atoms with van der Waals surface area (Å²) in [4.78, 5) is 20.6. The molecule has 4 heterocycles. The Balaban J connectivity index is 1.26. The number of fused-ring (bicyclic) bond motifs is 1. The molecule has 0 saturated heterocycles. The highest BCUT2D eigenvalue weighted by Crippen LogP contribution is 2.39. The van der Waals surface area contributed by atoms with Crippen LogP contribution >= 0.6 is 0 Å². The third-order valence-electron chi connectivity index (χ3n) is 4.28. The molecule has 0 aliphatic heterocycles. The molecule has 1 aliphatic rings. The molecule has 9 nitrogen and oxygen atoms in total. The molecular formula is C17H17N9. The number of nitrogens with zero attached hydrogens (tertiary/aromatic N) is 5. The molecule has 130 valence electrons. The largest absolute Gasteiger partial charge is 0.359 e. The highest BCUT2D eigenvalue weighted by Gasteiger charge is 2.25. The fourth-order valence-electron chi connectivity index (χ4n) is 2.77. The van der Waals surface area contributed by atoms with Gasteiger partial charge in [0.2, 0.25) is 5.95 Å². The second-order valence-corrected chi connectivity index (χ2v) is 6.29. The van der Waals surface area contributed by atoms with Crippen LogP contribution in [-0.2, 0) is 6.54 Å². The zero-order valence-electron chi connectivity index (χ0n) is 13.9. The van der Waals surface area contributed by atoms with Crippen molar-refractivity contribution in [1.29, 1.82) is 0 Å². The number of H-pyrrole nitrogens is 2. The highest BCUT2D eigenvalue weighted by molar-refractivity contribution is 5.73. The van der Waals surface area contributed by atoms with E-state index in [0.29, 0.717) is 30.1 Å². The summed E-state index contributed by atoms with van der Waals surface area (Å²) < 4.78 is 0. The molecule has 0 aromatic carbocycles. The topological polar surface area (TPSA) is 120 Å². The van der Waals surface area contributed by atoms with Crippen molar-refractivity contribution in [1.82, 2.24) is 35.1 Å². The number of nitrogens with one attached hydrogen (secondary N) is 4. The van der Waals surface area contributed by atoms with Crippen molar-refractivity contribution in [2.24, 2.45) is 0 Å². The van der Waals surface area contributed by atoms with E-state index in [1.165, 1.54) is 18.5 Å². The molecule has 5 rings (SSSR count). The van der Waals surface area contributed by atoms with Gasteiger partial charge in [0.15, 0.2) is 5.82 Å². The van der Waals surface area contributed by atoms with Crippen LogP contribution in [0.25, 0.3) is 11.0 Å². The quantitative estimate of drug-likeness (QED) is 0.423. The molecule has 4 N–H and O–H groups in total. The maximum atomic E-state index is 4.48. The van der Waals surface area contributed by atoms with Crippen molar-refractivity contribution < 1.29 is 0 Å². The zero-order chi connectivity index (χ0) is 17.3. The van der Waals surface area contributed by atoms with Crippen LogP contribution in [0.2, 0.25) is 0 Å². The lowest BCUT2D eigenvalue weighted by molar-refractivity contribution is 0.946. The number of rotatable bonds is 6. The molecule has 0 radical (unpaired) electrons. The number of aromatic amines is 2. The van der Waals surface area contributed by atoms with Gasteiger partial charge >= 0.3 is 0 Å². The maximum absolute atomic E-state index is 4.48. The third-order valence-corrected chi connectivity index (χ3v) is 4.28. The monoisotopic (exact) mass is 347 g/mol. The van der Waals surface area contributed by atoms with Gasteiger partial charge in [-0.3, -0.25) is 5.10 Å². The summed E-state index contributed by atoms with van der Waals surface area (Å²) in [6.07, 6.45) is 7.79. The molecule has 9 heteroatoms. The molecule has 1 fully saturated rings. The standard InChI is InChI=1S/C17H17N9/c1-2-10(1)12-7-15(26-25-12)23-14-4-6-19-17(24-14)21-9-16-20-8-13-11(22-16)3-5-18-13/h3-8,10,18H,1-2,9H2,(H3,19,21,23,24,25,26). The van der Waals surface area contributed by atoms with E-state index < -0.39 is 0 Å². The zero-order valence-corrected chi connectivity index (χ0v) is 13.9. The summed E-state index contributed by atoms with van der Waals surface area (Å²) in [6, 6.07) is 5.76. The van der Waals surface area contributed by atoms with E-state index in [4.69, 9.17) is 0 Å². The van der Waals surface area contributed by atoms with Crippen LogP contribution in [0, 0.1) is 0 Å². The van der Waals surface area contributed by atoms with Crippen LogP contribution in [0.1, 0.15) is 30.3 Å². The minimum Gasteiger partial charge on any atom is -0.359 e. The van der Waals surface area contributed by atoms with Gasteiger partial charge in [-0.1, -0.05) is 0 Å². The lowest BCUT2D eigenvalue weighted by atomic mass is 10.3. The minimum atomic E-state index is 0.443. The molecule has 0 amide bonds. The number of hydrogen-bond donors (Lipinski definition) is 4. The van der Waals surface area contributed by atoms with Gasteiger partial charge in [-0.25, -0.2) is 15.0 Å². The molecule has 1 saturated carbocycles. The van der Waals surface area contributed by atoms with E-state index in [1.807, 2.05) is 18.3 Å². The van der Waals surface area contributed by atoms with E-state index in [-0.39, 0.29) is 0 Å². The Kier molecular flexibility index (Phi) is 3.48. The summed E-state index contributed by atoms with van der Waals surface area (Å²) in [6.45, 7) is 0.443. The average Bonchev–Trinajstić information content (AvgIpc) is 3.23. The molecule has 4 aromatic heterocycles. The Bertz CT molecular complexity index is 1050. The summed E-state index contributed by atoms with van der Waals surface area (Å²) >= 11 is 0. The van der Waals surface area contributed by atoms with E-state index >= 15 is 0 Å². The van der Waals surface area contributed by atoms with Gasteiger partial charge in [0.1, 0.15) is 11.6 Å². The Labute approximate surface area is 148 Å². The Morgan fingerprint density at radius 3 is 3.00 bits per heavy atom. The first kappa shape index (κ1) is 14.8. The van der Waals surface area contributed by atoms with Crippen molar-refractivity contribution in [2.75, 3.05) is 10.6 Å². The molecular weight excluding hydrogens is 330 g/mol. The molecule has 0 bridgehead atoms. The number of aromatic nitrogens is 7. The van der Waals surface area contributed by atoms with Crippen molar-refractivity contribution in [3.05, 3.63) is 48.3 Å². The summed E-state index contributed by atoms with van der Waals surface area (Å²) in [7, 11) is 0. The first-order valence-corrected chi connectivity index (χ1v) is 8.52. The van der Waals surface area contributed by atoms with Gasteiger partial charge in [0.05, 0.1) is 23.8 Å². The maximum Gasteiger partial charge on any atom is 0.224 e. The second kappa shape index (κ2) is 6.10. The Morgan fingerprint density at radius 1 is 1.12 bits per heavy atom. The van der Waals surface area contributed by atoms with Crippen LogP contribution in [0.15, 0.2) is 36.8 Å². The Hall–Kier alpha value is -3.49. The molecule has 0 atom stereocenters. The van der Waals surface area contributed by atoms with Crippen molar-refractivity contribution in [2.45, 2.75) is 25.3 Å². The molecule has 0 spiro atoms. The third kappa shape index (κ3) is 3.06. The molecule has 0 unspecified atom stereocenters. The van der Waals surface area contributed by atoms with Crippen molar-refractivity contribution in [3.8, 4) is 0 Å². The first-order valence-electron chi connectivity index (χ1n) is 8.52. The SMILES string of the molecule is c1cc(Nc2cc(C3CC3)[nH]n2)nc(NCc2ncc3[nH]ccc3n2)n1. The van der Waals surface area contributed by atoms with Gasteiger partial charge in [-0.2, -0.15) is 10.1 Å². The number of anilines is 3. The second-order valence-electron chi connectivity index (χ2n) is 6.29.